The van der Waals surface area contributed by atoms with Crippen LogP contribution >= 0.6 is 0 Å². The Bertz CT molecular complexity index is 1160. The zero-order chi connectivity index (χ0) is 21.6. The van der Waals surface area contributed by atoms with Crippen LogP contribution in [0.2, 0.25) is 0 Å². The molecule has 0 spiro atoms. The fraction of sp³-hybridized carbons (Fsp3) is 0.250. The van der Waals surface area contributed by atoms with Crippen LogP contribution in [0.1, 0.15) is 45.2 Å². The van der Waals surface area contributed by atoms with E-state index in [4.69, 9.17) is 4.74 Å². The van der Waals surface area contributed by atoms with Crippen molar-refractivity contribution in [2.24, 2.45) is 0 Å². The number of nitrogens with zero attached hydrogens (tertiary/aromatic N) is 2. The molecule has 1 aliphatic rings. The second-order valence-electron chi connectivity index (χ2n) is 7.57. The lowest BCUT2D eigenvalue weighted by molar-refractivity contribution is 0.0976. The van der Waals surface area contributed by atoms with Gasteiger partial charge in [-0.1, -0.05) is 37.3 Å². The minimum absolute atomic E-state index is 0.0210. The molecule has 0 atom stereocenters. The fourth-order valence-electron chi connectivity index (χ4n) is 4.11. The molecule has 1 heterocycles. The largest absolute Gasteiger partial charge is 0.494 e. The molecule has 154 valence electrons. The van der Waals surface area contributed by atoms with Gasteiger partial charge in [-0.05, 0) is 29.7 Å². The van der Waals surface area contributed by atoms with Crippen LogP contribution < -0.4 is 9.64 Å². The third-order valence-corrected chi connectivity index (χ3v) is 5.46. The smallest absolute Gasteiger partial charge is 0.208 e. The maximum absolute atomic E-state index is 13.6. The van der Waals surface area contributed by atoms with Crippen LogP contribution in [0.4, 0.5) is 5.69 Å². The Hall–Kier alpha value is -3.54. The summed E-state index contributed by atoms with van der Waals surface area (Å²) >= 11 is 0. The molecular weight excluding hydrogens is 380 g/mol. The van der Waals surface area contributed by atoms with Crippen LogP contribution in [0.15, 0.2) is 42.5 Å². The third-order valence-electron chi connectivity index (χ3n) is 5.46. The lowest BCUT2D eigenvalue weighted by atomic mass is 9.83. The zero-order valence-electron chi connectivity index (χ0n) is 17.5. The first-order valence-electron chi connectivity index (χ1n) is 9.90. The van der Waals surface area contributed by atoms with E-state index >= 15 is 0 Å². The Balaban J connectivity index is 2.02. The molecule has 0 unspecified atom stereocenters. The number of ether oxygens (including phenoxy) is 1. The number of hydrogen-bond acceptors (Lipinski definition) is 5. The topological polar surface area (TPSA) is 71.8 Å². The monoisotopic (exact) mass is 404 g/mol. The van der Waals surface area contributed by atoms with Gasteiger partial charge in [0.15, 0.2) is 5.78 Å². The normalized spacial score (nSPS) is 12.5. The molecule has 6 heteroatoms. The minimum atomic E-state index is -0.369. The van der Waals surface area contributed by atoms with Crippen molar-refractivity contribution in [2.75, 3.05) is 26.1 Å². The van der Waals surface area contributed by atoms with Crippen molar-refractivity contribution < 1.29 is 19.4 Å². The molecule has 6 nitrogen and oxygen atoms in total. The zero-order valence-corrected chi connectivity index (χ0v) is 17.5. The first kappa shape index (κ1) is 19.8. The van der Waals surface area contributed by atoms with Gasteiger partial charge in [0.1, 0.15) is 0 Å². The molecule has 0 bridgehead atoms. The molecule has 1 aliphatic carbocycles. The second kappa shape index (κ2) is 7.37. The van der Waals surface area contributed by atoms with Crippen LogP contribution in [0.3, 0.4) is 0 Å². The van der Waals surface area contributed by atoms with E-state index in [1.165, 1.54) is 11.7 Å². The van der Waals surface area contributed by atoms with Crippen LogP contribution in [-0.4, -0.2) is 42.4 Å². The average Bonchev–Trinajstić information content (AvgIpc) is 3.04. The van der Waals surface area contributed by atoms with E-state index in [9.17, 15) is 14.7 Å². The molecule has 3 aromatic rings. The van der Waals surface area contributed by atoms with Gasteiger partial charge in [-0.25, -0.2) is 0 Å². The first-order chi connectivity index (χ1) is 14.4. The van der Waals surface area contributed by atoms with E-state index in [1.807, 2.05) is 62.3 Å². The van der Waals surface area contributed by atoms with Crippen molar-refractivity contribution in [1.29, 1.82) is 0 Å². The molecule has 0 aliphatic heterocycles. The van der Waals surface area contributed by atoms with Gasteiger partial charge in [0.05, 0.1) is 23.8 Å². The number of methoxy groups -OCH3 is 1. The minimum Gasteiger partial charge on any atom is -0.494 e. The van der Waals surface area contributed by atoms with Crippen LogP contribution in [-0.2, 0) is 6.54 Å². The molecule has 2 aromatic carbocycles. The summed E-state index contributed by atoms with van der Waals surface area (Å²) in [6, 6.07) is 13.4. The molecular formula is C24H24N2O4. The van der Waals surface area contributed by atoms with Crippen molar-refractivity contribution in [3.63, 3.8) is 0 Å². The van der Waals surface area contributed by atoms with Gasteiger partial charge in [-0.15, -0.1) is 0 Å². The molecule has 0 radical (unpaired) electrons. The number of carbonyl (C=O) groups excluding carboxylic acids is 2. The van der Waals surface area contributed by atoms with Crippen LogP contribution in [0.25, 0.3) is 11.1 Å². The van der Waals surface area contributed by atoms with Gasteiger partial charge < -0.3 is 14.7 Å². The van der Waals surface area contributed by atoms with E-state index in [-0.39, 0.29) is 34.5 Å². The lowest BCUT2D eigenvalue weighted by Crippen LogP contribution is -2.24. The molecule has 1 N–H and O–H groups in total. The maximum Gasteiger partial charge on any atom is 0.208 e. The second-order valence-corrected chi connectivity index (χ2v) is 7.57. The van der Waals surface area contributed by atoms with E-state index in [0.29, 0.717) is 29.8 Å². The van der Waals surface area contributed by atoms with Gasteiger partial charge in [-0.3, -0.25) is 14.2 Å². The molecule has 0 saturated heterocycles. The van der Waals surface area contributed by atoms with E-state index < -0.39 is 0 Å². The van der Waals surface area contributed by atoms with Crippen LogP contribution in [0.5, 0.6) is 11.8 Å². The Morgan fingerprint density at radius 3 is 2.27 bits per heavy atom. The summed E-state index contributed by atoms with van der Waals surface area (Å²) in [7, 11) is 5.13. The average molecular weight is 404 g/mol. The van der Waals surface area contributed by atoms with Crippen molar-refractivity contribution in [1.82, 2.24) is 4.57 Å². The third kappa shape index (κ3) is 2.79. The molecule has 0 amide bonds. The Kier molecular flexibility index (Phi) is 4.86. The first-order valence-corrected chi connectivity index (χ1v) is 9.90. The van der Waals surface area contributed by atoms with Crippen molar-refractivity contribution in [3.05, 3.63) is 64.7 Å². The quantitative estimate of drug-likeness (QED) is 0.542. The summed E-state index contributed by atoms with van der Waals surface area (Å²) in [5.74, 6) is -0.676. The van der Waals surface area contributed by atoms with E-state index in [1.54, 1.807) is 6.07 Å². The number of anilines is 1. The highest BCUT2D eigenvalue weighted by Crippen LogP contribution is 2.44. The van der Waals surface area contributed by atoms with Gasteiger partial charge in [-0.2, -0.15) is 0 Å². The van der Waals surface area contributed by atoms with Gasteiger partial charge in [0, 0.05) is 31.9 Å². The SMILES string of the molecule is CCCn1c(O)c2c(c1OC)C(=O)c1c(cc(-c3ccccc3)cc1N(C)C)C2=O. The van der Waals surface area contributed by atoms with Gasteiger partial charge in [0.2, 0.25) is 17.5 Å². The van der Waals surface area contributed by atoms with E-state index in [0.717, 1.165) is 11.1 Å². The maximum atomic E-state index is 13.6. The summed E-state index contributed by atoms with van der Waals surface area (Å²) in [6.07, 6.45) is 0.716. The predicted molar refractivity (Wildman–Crippen MR) is 116 cm³/mol. The predicted octanol–water partition coefficient (Wildman–Crippen LogP) is 4.12. The van der Waals surface area contributed by atoms with Gasteiger partial charge >= 0.3 is 0 Å². The number of aromatic nitrogens is 1. The number of aromatic hydroxyl groups is 1. The molecule has 30 heavy (non-hydrogen) atoms. The van der Waals surface area contributed by atoms with Crippen molar-refractivity contribution in [3.8, 4) is 22.9 Å². The highest BCUT2D eigenvalue weighted by atomic mass is 16.5. The number of fused-ring (bicyclic) bond motifs is 2. The fourth-order valence-corrected chi connectivity index (χ4v) is 4.11. The Morgan fingerprint density at radius 1 is 0.967 bits per heavy atom. The highest BCUT2D eigenvalue weighted by Gasteiger charge is 2.41. The summed E-state index contributed by atoms with van der Waals surface area (Å²) in [5.41, 5.74) is 3.22. The Morgan fingerprint density at radius 2 is 1.67 bits per heavy atom. The Labute approximate surface area is 175 Å². The lowest BCUT2D eigenvalue weighted by Gasteiger charge is -2.24. The highest BCUT2D eigenvalue weighted by molar-refractivity contribution is 6.32. The summed E-state index contributed by atoms with van der Waals surface area (Å²) in [5, 5.41) is 10.8. The number of hydrogen-bond donors (Lipinski definition) is 1. The van der Waals surface area contributed by atoms with Crippen LogP contribution in [0, 0.1) is 0 Å². The number of rotatable bonds is 5. The number of benzene rings is 2. The van der Waals surface area contributed by atoms with Crippen molar-refractivity contribution >= 4 is 17.3 Å². The number of carbonyl (C=O) groups is 2. The molecule has 0 fully saturated rings. The van der Waals surface area contributed by atoms with Crippen molar-refractivity contribution in [2.45, 2.75) is 19.9 Å². The van der Waals surface area contributed by atoms with E-state index in [2.05, 4.69) is 0 Å². The number of ketones is 2. The molecule has 0 saturated carbocycles. The molecule has 1 aromatic heterocycles. The summed E-state index contributed by atoms with van der Waals surface area (Å²) in [6.45, 7) is 2.39. The summed E-state index contributed by atoms with van der Waals surface area (Å²) in [4.78, 5) is 28.9. The summed E-state index contributed by atoms with van der Waals surface area (Å²) < 4.78 is 6.96. The molecule has 4 rings (SSSR count). The van der Waals surface area contributed by atoms with Gasteiger partial charge in [0.25, 0.3) is 0 Å². The standard InChI is InChI=1S/C24H24N2O4/c1-5-11-26-23(29)19-20(24(26)30-4)22(28)18-16(21(19)27)12-15(13-17(18)25(2)3)14-9-7-6-8-10-14/h6-10,12-13,29H,5,11H2,1-4H3.